The van der Waals surface area contributed by atoms with Crippen LogP contribution in [0.3, 0.4) is 0 Å². The number of likely N-dealkylation sites (tertiary alicyclic amines) is 1. The van der Waals surface area contributed by atoms with Gasteiger partial charge in [-0.1, -0.05) is 13.3 Å². The van der Waals surface area contributed by atoms with Gasteiger partial charge in [-0.25, -0.2) is 0 Å². The first-order valence-electron chi connectivity index (χ1n) is 7.73. The smallest absolute Gasteiger partial charge is 0.120 e. The van der Waals surface area contributed by atoms with Gasteiger partial charge >= 0.3 is 0 Å². The summed E-state index contributed by atoms with van der Waals surface area (Å²) in [5.74, 6) is 2.23. The van der Waals surface area contributed by atoms with Crippen LogP contribution >= 0.6 is 0 Å². The molecule has 0 aromatic carbocycles. The second-order valence-electron chi connectivity index (χ2n) is 5.81. The lowest BCUT2D eigenvalue weighted by Crippen LogP contribution is -2.36. The Balaban J connectivity index is 1.91. The van der Waals surface area contributed by atoms with Crippen LogP contribution in [0, 0.1) is 6.92 Å². The largest absolute Gasteiger partial charge is 0.463 e. The Hall–Kier alpha value is -0.800. The zero-order valence-corrected chi connectivity index (χ0v) is 12.7. The number of nitrogens with zero attached hydrogens (tertiary/aromatic N) is 1. The minimum Gasteiger partial charge on any atom is -0.463 e. The van der Waals surface area contributed by atoms with Crippen molar-refractivity contribution in [3.63, 3.8) is 0 Å². The van der Waals surface area contributed by atoms with Gasteiger partial charge in [-0.3, -0.25) is 4.90 Å². The summed E-state index contributed by atoms with van der Waals surface area (Å²) in [5, 5.41) is 3.41. The van der Waals surface area contributed by atoms with Crippen LogP contribution in [0.15, 0.2) is 10.5 Å². The molecule has 1 unspecified atom stereocenters. The molecule has 1 aromatic heterocycles. The number of aryl methyl sites for hydroxylation is 1. The van der Waals surface area contributed by atoms with E-state index < -0.39 is 0 Å². The fraction of sp³-hybridized carbons (Fsp3) is 0.750. The molecular formula is C16H28N2O. The van der Waals surface area contributed by atoms with Gasteiger partial charge in [0.15, 0.2) is 0 Å². The van der Waals surface area contributed by atoms with Crippen LogP contribution in [0.25, 0.3) is 0 Å². The summed E-state index contributed by atoms with van der Waals surface area (Å²) >= 11 is 0. The van der Waals surface area contributed by atoms with Crippen molar-refractivity contribution in [2.24, 2.45) is 0 Å². The first-order valence-corrected chi connectivity index (χ1v) is 7.73. The average molecular weight is 264 g/mol. The Labute approximate surface area is 117 Å². The molecule has 0 radical (unpaired) electrons. The number of furan rings is 1. The predicted octanol–water partition coefficient (Wildman–Crippen LogP) is 3.46. The number of nitrogens with one attached hydrogen (secondary N) is 1. The molecule has 1 atom stereocenters. The zero-order valence-electron chi connectivity index (χ0n) is 12.7. The summed E-state index contributed by atoms with van der Waals surface area (Å²) in [7, 11) is 0. The third kappa shape index (κ3) is 4.08. The standard InChI is InChI=1S/C16H28N2O/c1-4-8-17-11-16-13(2)10-15(19-16)12-18-9-6-5-7-14(18)3/h10,14,17H,4-9,11-12H2,1-3H3. The van der Waals surface area contributed by atoms with Gasteiger partial charge in [0.1, 0.15) is 11.5 Å². The average Bonchev–Trinajstić information content (AvgIpc) is 2.73. The molecule has 1 aliphatic rings. The van der Waals surface area contributed by atoms with Gasteiger partial charge in [0.05, 0.1) is 13.1 Å². The fourth-order valence-corrected chi connectivity index (χ4v) is 2.81. The molecule has 108 valence electrons. The van der Waals surface area contributed by atoms with E-state index in [1.807, 2.05) is 0 Å². The minimum absolute atomic E-state index is 0.695. The van der Waals surface area contributed by atoms with E-state index in [1.165, 1.54) is 31.4 Å². The molecule has 1 aliphatic heterocycles. The Bertz CT molecular complexity index is 386. The maximum Gasteiger partial charge on any atom is 0.120 e. The van der Waals surface area contributed by atoms with Crippen molar-refractivity contribution in [3.8, 4) is 0 Å². The molecule has 1 aromatic rings. The van der Waals surface area contributed by atoms with E-state index in [-0.39, 0.29) is 0 Å². The molecule has 2 rings (SSSR count). The topological polar surface area (TPSA) is 28.4 Å². The van der Waals surface area contributed by atoms with E-state index in [2.05, 4.69) is 37.1 Å². The SMILES string of the molecule is CCCNCc1oc(CN2CCCCC2C)cc1C. The number of piperidine rings is 1. The highest BCUT2D eigenvalue weighted by atomic mass is 16.3. The molecule has 1 N–H and O–H groups in total. The summed E-state index contributed by atoms with van der Waals surface area (Å²) in [6, 6.07) is 2.91. The maximum absolute atomic E-state index is 6.01. The molecule has 2 heterocycles. The summed E-state index contributed by atoms with van der Waals surface area (Å²) in [4.78, 5) is 2.55. The Kier molecular flexibility index (Phi) is 5.46. The van der Waals surface area contributed by atoms with Gasteiger partial charge in [-0.2, -0.15) is 0 Å². The van der Waals surface area contributed by atoms with Gasteiger partial charge in [0.25, 0.3) is 0 Å². The maximum atomic E-state index is 6.01. The lowest BCUT2D eigenvalue weighted by molar-refractivity contribution is 0.141. The molecule has 0 spiro atoms. The summed E-state index contributed by atoms with van der Waals surface area (Å²) < 4.78 is 6.01. The van der Waals surface area contributed by atoms with E-state index in [0.717, 1.165) is 37.6 Å². The van der Waals surface area contributed by atoms with Crippen LogP contribution in [-0.2, 0) is 13.1 Å². The molecule has 19 heavy (non-hydrogen) atoms. The Morgan fingerprint density at radius 3 is 3.00 bits per heavy atom. The Morgan fingerprint density at radius 2 is 2.26 bits per heavy atom. The van der Waals surface area contributed by atoms with Crippen molar-refractivity contribution in [3.05, 3.63) is 23.2 Å². The molecule has 0 saturated carbocycles. The predicted molar refractivity (Wildman–Crippen MR) is 79.2 cm³/mol. The molecule has 3 heteroatoms. The van der Waals surface area contributed by atoms with E-state index in [9.17, 15) is 0 Å². The van der Waals surface area contributed by atoms with Gasteiger partial charge in [0, 0.05) is 6.04 Å². The molecular weight excluding hydrogens is 236 g/mol. The molecule has 1 saturated heterocycles. The normalized spacial score (nSPS) is 20.9. The van der Waals surface area contributed by atoms with Gasteiger partial charge < -0.3 is 9.73 Å². The van der Waals surface area contributed by atoms with Crippen LogP contribution in [0.2, 0.25) is 0 Å². The second kappa shape index (κ2) is 7.11. The van der Waals surface area contributed by atoms with Crippen LogP contribution < -0.4 is 5.32 Å². The van der Waals surface area contributed by atoms with Crippen molar-refractivity contribution in [2.75, 3.05) is 13.1 Å². The van der Waals surface area contributed by atoms with E-state index in [0.29, 0.717) is 6.04 Å². The van der Waals surface area contributed by atoms with Crippen LogP contribution in [0.4, 0.5) is 0 Å². The highest BCUT2D eigenvalue weighted by Crippen LogP contribution is 2.22. The lowest BCUT2D eigenvalue weighted by Gasteiger charge is -2.32. The summed E-state index contributed by atoms with van der Waals surface area (Å²) in [6.45, 7) is 10.8. The number of rotatable bonds is 6. The summed E-state index contributed by atoms with van der Waals surface area (Å²) in [5.41, 5.74) is 1.28. The molecule has 1 fully saturated rings. The van der Waals surface area contributed by atoms with Crippen molar-refractivity contribution in [1.82, 2.24) is 10.2 Å². The summed E-state index contributed by atoms with van der Waals surface area (Å²) in [6.07, 6.45) is 5.19. The molecule has 0 bridgehead atoms. The third-order valence-electron chi connectivity index (χ3n) is 4.08. The first kappa shape index (κ1) is 14.6. The lowest BCUT2D eigenvalue weighted by atomic mass is 10.0. The Morgan fingerprint density at radius 1 is 1.42 bits per heavy atom. The van der Waals surface area contributed by atoms with E-state index >= 15 is 0 Å². The van der Waals surface area contributed by atoms with Gasteiger partial charge in [-0.15, -0.1) is 0 Å². The van der Waals surface area contributed by atoms with Crippen LogP contribution in [-0.4, -0.2) is 24.0 Å². The van der Waals surface area contributed by atoms with Crippen LogP contribution in [0.5, 0.6) is 0 Å². The monoisotopic (exact) mass is 264 g/mol. The van der Waals surface area contributed by atoms with Crippen molar-refractivity contribution < 1.29 is 4.42 Å². The minimum atomic E-state index is 0.695. The van der Waals surface area contributed by atoms with Crippen molar-refractivity contribution in [2.45, 2.75) is 65.6 Å². The second-order valence-corrected chi connectivity index (χ2v) is 5.81. The molecule has 0 aliphatic carbocycles. The number of hydrogen-bond acceptors (Lipinski definition) is 3. The van der Waals surface area contributed by atoms with Gasteiger partial charge in [-0.05, 0) is 57.8 Å². The highest BCUT2D eigenvalue weighted by Gasteiger charge is 2.20. The fourth-order valence-electron chi connectivity index (χ4n) is 2.81. The van der Waals surface area contributed by atoms with Crippen molar-refractivity contribution >= 4 is 0 Å². The zero-order chi connectivity index (χ0) is 13.7. The molecule has 3 nitrogen and oxygen atoms in total. The molecule has 0 amide bonds. The van der Waals surface area contributed by atoms with Gasteiger partial charge in [0.2, 0.25) is 0 Å². The third-order valence-corrected chi connectivity index (χ3v) is 4.08. The quantitative estimate of drug-likeness (QED) is 0.798. The van der Waals surface area contributed by atoms with Crippen LogP contribution in [0.1, 0.15) is 56.6 Å². The van der Waals surface area contributed by atoms with E-state index in [4.69, 9.17) is 4.42 Å². The first-order chi connectivity index (χ1) is 9.20. The van der Waals surface area contributed by atoms with E-state index in [1.54, 1.807) is 0 Å². The highest BCUT2D eigenvalue weighted by molar-refractivity contribution is 5.20. The number of hydrogen-bond donors (Lipinski definition) is 1. The van der Waals surface area contributed by atoms with Crippen molar-refractivity contribution in [1.29, 1.82) is 0 Å².